The molecule has 0 amide bonds. The number of hydrogen-bond acceptors (Lipinski definition) is 4. The number of rotatable bonds is 4. The van der Waals surface area contributed by atoms with Gasteiger partial charge in [-0.25, -0.2) is 4.98 Å². The molecular formula is C15H22N4S. The molecule has 1 aliphatic rings. The zero-order chi connectivity index (χ0) is 14.1. The van der Waals surface area contributed by atoms with Crippen LogP contribution in [-0.2, 0) is 13.6 Å². The number of aromatic nitrogens is 3. The summed E-state index contributed by atoms with van der Waals surface area (Å²) in [5.74, 6) is 0.529. The summed E-state index contributed by atoms with van der Waals surface area (Å²) in [4.78, 5) is 7.30. The van der Waals surface area contributed by atoms with Gasteiger partial charge in [0.1, 0.15) is 0 Å². The summed E-state index contributed by atoms with van der Waals surface area (Å²) in [7, 11) is 1.98. The Morgan fingerprint density at radius 1 is 1.45 bits per heavy atom. The molecule has 0 unspecified atom stereocenters. The first-order chi connectivity index (χ1) is 9.63. The van der Waals surface area contributed by atoms with E-state index in [1.165, 1.54) is 29.1 Å². The molecule has 0 spiro atoms. The maximum Gasteiger partial charge on any atom is 0.0954 e. The van der Waals surface area contributed by atoms with Gasteiger partial charge in [0.25, 0.3) is 0 Å². The van der Waals surface area contributed by atoms with Crippen molar-refractivity contribution in [2.75, 3.05) is 6.54 Å². The molecule has 1 atom stereocenters. The second-order valence-electron chi connectivity index (χ2n) is 5.91. The summed E-state index contributed by atoms with van der Waals surface area (Å²) in [5, 5.41) is 7.77. The first kappa shape index (κ1) is 13.8. The van der Waals surface area contributed by atoms with E-state index in [0.717, 1.165) is 13.1 Å². The quantitative estimate of drug-likeness (QED) is 0.866. The van der Waals surface area contributed by atoms with Crippen molar-refractivity contribution in [2.24, 2.45) is 7.05 Å². The lowest BCUT2D eigenvalue weighted by Gasteiger charge is -2.22. The lowest BCUT2D eigenvalue weighted by atomic mass is 10.1. The smallest absolute Gasteiger partial charge is 0.0954 e. The molecule has 2 aromatic rings. The zero-order valence-electron chi connectivity index (χ0n) is 12.4. The maximum atomic E-state index is 4.76. The highest BCUT2D eigenvalue weighted by Gasteiger charge is 2.27. The van der Waals surface area contributed by atoms with Gasteiger partial charge < -0.3 is 0 Å². The number of nitrogens with zero attached hydrogens (tertiary/aromatic N) is 4. The van der Waals surface area contributed by atoms with Gasteiger partial charge in [0.2, 0.25) is 0 Å². The molecule has 5 heteroatoms. The van der Waals surface area contributed by atoms with Crippen molar-refractivity contribution in [1.29, 1.82) is 0 Å². The molecule has 0 aliphatic carbocycles. The number of aryl methyl sites for hydroxylation is 1. The van der Waals surface area contributed by atoms with Crippen molar-refractivity contribution in [3.8, 4) is 0 Å². The van der Waals surface area contributed by atoms with Gasteiger partial charge in [-0.3, -0.25) is 9.58 Å². The van der Waals surface area contributed by atoms with Crippen LogP contribution < -0.4 is 0 Å². The van der Waals surface area contributed by atoms with Crippen LogP contribution >= 0.6 is 11.3 Å². The lowest BCUT2D eigenvalue weighted by Crippen LogP contribution is -2.22. The van der Waals surface area contributed by atoms with Crippen LogP contribution in [0.15, 0.2) is 17.8 Å². The molecule has 3 rings (SSSR count). The maximum absolute atomic E-state index is 4.76. The Labute approximate surface area is 124 Å². The summed E-state index contributed by atoms with van der Waals surface area (Å²) in [5.41, 5.74) is 2.55. The Bertz CT molecular complexity index is 572. The van der Waals surface area contributed by atoms with E-state index in [1.54, 1.807) is 11.3 Å². The molecule has 0 N–H and O–H groups in total. The second-order valence-corrected chi connectivity index (χ2v) is 6.80. The van der Waals surface area contributed by atoms with Crippen molar-refractivity contribution >= 4 is 11.3 Å². The minimum absolute atomic E-state index is 0.507. The third-order valence-corrected chi connectivity index (χ3v) is 5.10. The van der Waals surface area contributed by atoms with Crippen molar-refractivity contribution < 1.29 is 0 Å². The SMILES string of the molecule is CC(C)c1nc(CN2CCC[C@@H]2c2cnn(C)c2)cs1. The van der Waals surface area contributed by atoms with Crippen LogP contribution in [0.1, 0.15) is 54.9 Å². The zero-order valence-corrected chi connectivity index (χ0v) is 13.2. The third kappa shape index (κ3) is 2.79. The van der Waals surface area contributed by atoms with Crippen LogP contribution in [0.2, 0.25) is 0 Å². The molecule has 2 aromatic heterocycles. The topological polar surface area (TPSA) is 34.0 Å². The highest BCUT2D eigenvalue weighted by atomic mass is 32.1. The molecule has 1 saturated heterocycles. The molecule has 0 bridgehead atoms. The van der Waals surface area contributed by atoms with Gasteiger partial charge in [-0.2, -0.15) is 5.10 Å². The molecular weight excluding hydrogens is 268 g/mol. The van der Waals surface area contributed by atoms with E-state index in [2.05, 4.69) is 35.4 Å². The highest BCUT2D eigenvalue weighted by molar-refractivity contribution is 7.09. The van der Waals surface area contributed by atoms with Crippen LogP contribution in [-0.4, -0.2) is 26.2 Å². The molecule has 20 heavy (non-hydrogen) atoms. The van der Waals surface area contributed by atoms with E-state index in [4.69, 9.17) is 4.98 Å². The molecule has 3 heterocycles. The largest absolute Gasteiger partial charge is 0.290 e. The lowest BCUT2D eigenvalue weighted by molar-refractivity contribution is 0.246. The minimum Gasteiger partial charge on any atom is -0.290 e. The minimum atomic E-state index is 0.507. The van der Waals surface area contributed by atoms with Crippen molar-refractivity contribution in [2.45, 2.75) is 45.2 Å². The Kier molecular flexibility index (Phi) is 3.89. The monoisotopic (exact) mass is 290 g/mol. The predicted octanol–water partition coefficient (Wildman–Crippen LogP) is 3.34. The van der Waals surface area contributed by atoms with Gasteiger partial charge >= 0.3 is 0 Å². The Hall–Kier alpha value is -1.20. The fraction of sp³-hybridized carbons (Fsp3) is 0.600. The summed E-state index contributed by atoms with van der Waals surface area (Å²) in [6.45, 7) is 6.53. The normalized spacial score (nSPS) is 20.1. The first-order valence-electron chi connectivity index (χ1n) is 7.30. The van der Waals surface area contributed by atoms with Crippen LogP contribution in [0.4, 0.5) is 0 Å². The summed E-state index contributed by atoms with van der Waals surface area (Å²) in [6, 6.07) is 0.507. The number of thiazole rings is 1. The van der Waals surface area contributed by atoms with Crippen molar-refractivity contribution in [3.63, 3.8) is 0 Å². The predicted molar refractivity (Wildman–Crippen MR) is 81.8 cm³/mol. The molecule has 1 aliphatic heterocycles. The Morgan fingerprint density at radius 3 is 2.95 bits per heavy atom. The van der Waals surface area contributed by atoms with E-state index in [9.17, 15) is 0 Å². The summed E-state index contributed by atoms with van der Waals surface area (Å²) < 4.78 is 1.89. The molecule has 1 fully saturated rings. The van der Waals surface area contributed by atoms with Gasteiger partial charge in [-0.05, 0) is 19.4 Å². The van der Waals surface area contributed by atoms with Crippen molar-refractivity contribution in [1.82, 2.24) is 19.7 Å². The summed E-state index contributed by atoms with van der Waals surface area (Å²) in [6.07, 6.45) is 6.64. The van der Waals surface area contributed by atoms with Gasteiger partial charge in [-0.15, -0.1) is 11.3 Å². The molecule has 0 radical (unpaired) electrons. The van der Waals surface area contributed by atoms with E-state index < -0.39 is 0 Å². The van der Waals surface area contributed by atoms with Crippen LogP contribution in [0.3, 0.4) is 0 Å². The van der Waals surface area contributed by atoms with Gasteiger partial charge in [0.05, 0.1) is 16.9 Å². The second kappa shape index (κ2) is 5.66. The average Bonchev–Trinajstić information content (AvgIpc) is 3.09. The molecule has 108 valence electrons. The number of hydrogen-bond donors (Lipinski definition) is 0. The fourth-order valence-corrected chi connectivity index (χ4v) is 3.70. The Morgan fingerprint density at radius 2 is 2.30 bits per heavy atom. The highest BCUT2D eigenvalue weighted by Crippen LogP contribution is 2.33. The van der Waals surface area contributed by atoms with Gasteiger partial charge in [0, 0.05) is 42.7 Å². The van der Waals surface area contributed by atoms with Crippen LogP contribution in [0.5, 0.6) is 0 Å². The molecule has 4 nitrogen and oxygen atoms in total. The standard InChI is InChI=1S/C15H22N4S/c1-11(2)15-17-13(10-20-15)9-19-6-4-5-14(19)12-7-16-18(3)8-12/h7-8,10-11,14H,4-6,9H2,1-3H3/t14-/m1/s1. The van der Waals surface area contributed by atoms with Crippen LogP contribution in [0.25, 0.3) is 0 Å². The van der Waals surface area contributed by atoms with Gasteiger partial charge in [0.15, 0.2) is 0 Å². The third-order valence-electron chi connectivity index (χ3n) is 3.90. The molecule has 0 aromatic carbocycles. The van der Waals surface area contributed by atoms with Gasteiger partial charge in [-0.1, -0.05) is 13.8 Å². The summed E-state index contributed by atoms with van der Waals surface area (Å²) >= 11 is 1.79. The van der Waals surface area contributed by atoms with E-state index in [-0.39, 0.29) is 0 Å². The van der Waals surface area contributed by atoms with E-state index in [1.807, 2.05) is 17.9 Å². The van der Waals surface area contributed by atoms with E-state index >= 15 is 0 Å². The average molecular weight is 290 g/mol. The van der Waals surface area contributed by atoms with E-state index in [0.29, 0.717) is 12.0 Å². The van der Waals surface area contributed by atoms with Crippen molar-refractivity contribution in [3.05, 3.63) is 34.0 Å². The molecule has 0 saturated carbocycles. The number of likely N-dealkylation sites (tertiary alicyclic amines) is 1. The first-order valence-corrected chi connectivity index (χ1v) is 8.18. The fourth-order valence-electron chi connectivity index (χ4n) is 2.87. The van der Waals surface area contributed by atoms with Crippen LogP contribution in [0, 0.1) is 0 Å². The Balaban J connectivity index is 1.72.